The first-order chi connectivity index (χ1) is 14.1. The Morgan fingerprint density at radius 2 is 1.93 bits per heavy atom. The number of fused-ring (bicyclic) bond motifs is 4. The Labute approximate surface area is 164 Å². The lowest BCUT2D eigenvalue weighted by Crippen LogP contribution is -2.15. The van der Waals surface area contributed by atoms with Gasteiger partial charge in [0.25, 0.3) is 0 Å². The van der Waals surface area contributed by atoms with Gasteiger partial charge in [0.1, 0.15) is 11.0 Å². The summed E-state index contributed by atoms with van der Waals surface area (Å²) in [5, 5.41) is 3.48. The van der Waals surface area contributed by atoms with Crippen LogP contribution in [0.1, 0.15) is 13.3 Å². The van der Waals surface area contributed by atoms with Gasteiger partial charge in [-0.2, -0.15) is 0 Å². The lowest BCUT2D eigenvalue weighted by atomic mass is 10.1. The molecule has 8 heteroatoms. The highest BCUT2D eigenvalue weighted by molar-refractivity contribution is 6.08. The van der Waals surface area contributed by atoms with Crippen LogP contribution < -0.4 is 20.4 Å². The predicted molar refractivity (Wildman–Crippen MR) is 106 cm³/mol. The van der Waals surface area contributed by atoms with Gasteiger partial charge in [0.2, 0.25) is 12.7 Å². The topological polar surface area (TPSA) is 104 Å². The molecule has 0 aliphatic carbocycles. The molecular weight excluding hydrogens is 374 g/mol. The molecule has 1 aliphatic heterocycles. The maximum Gasteiger partial charge on any atom is 0.349 e. The van der Waals surface area contributed by atoms with Crippen molar-refractivity contribution in [1.29, 1.82) is 0 Å². The van der Waals surface area contributed by atoms with Crippen LogP contribution in [0.3, 0.4) is 0 Å². The normalized spacial score (nSPS) is 12.4. The van der Waals surface area contributed by atoms with Crippen molar-refractivity contribution in [2.75, 3.05) is 12.1 Å². The lowest BCUT2D eigenvalue weighted by molar-refractivity contribution is -0.115. The minimum Gasteiger partial charge on any atom is -0.454 e. The van der Waals surface area contributed by atoms with E-state index >= 15 is 0 Å². The molecule has 0 fully saturated rings. The smallest absolute Gasteiger partial charge is 0.349 e. The van der Waals surface area contributed by atoms with Crippen LogP contribution in [-0.2, 0) is 4.79 Å². The highest BCUT2D eigenvalue weighted by atomic mass is 16.7. The Balaban J connectivity index is 1.82. The fourth-order valence-corrected chi connectivity index (χ4v) is 3.23. The molecule has 0 atom stereocenters. The molecule has 0 saturated heterocycles. The largest absolute Gasteiger partial charge is 0.454 e. The van der Waals surface area contributed by atoms with Crippen molar-refractivity contribution in [2.24, 2.45) is 0 Å². The summed E-state index contributed by atoms with van der Waals surface area (Å²) in [6.45, 7) is 1.87. The van der Waals surface area contributed by atoms with Crippen molar-refractivity contribution in [1.82, 2.24) is 9.97 Å². The van der Waals surface area contributed by atoms with Crippen LogP contribution >= 0.6 is 0 Å². The van der Waals surface area contributed by atoms with Gasteiger partial charge in [0, 0.05) is 17.4 Å². The van der Waals surface area contributed by atoms with E-state index in [1.165, 1.54) is 0 Å². The number of nitrogens with one attached hydrogen (secondary N) is 1. The average molecular weight is 389 g/mol. The van der Waals surface area contributed by atoms with E-state index in [4.69, 9.17) is 13.9 Å². The molecule has 1 aliphatic rings. The van der Waals surface area contributed by atoms with E-state index in [1.54, 1.807) is 37.3 Å². The summed E-state index contributed by atoms with van der Waals surface area (Å²) in [6, 6.07) is 12.4. The van der Waals surface area contributed by atoms with Gasteiger partial charge in [-0.05, 0) is 30.3 Å². The molecule has 0 unspecified atom stereocenters. The summed E-state index contributed by atoms with van der Waals surface area (Å²) in [5.74, 6) is 1.42. The number of carbonyl (C=O) groups excluding carboxylic acids is 1. The Morgan fingerprint density at radius 3 is 2.79 bits per heavy atom. The molecule has 2 aromatic heterocycles. The molecule has 8 nitrogen and oxygen atoms in total. The summed E-state index contributed by atoms with van der Waals surface area (Å²) in [4.78, 5) is 33.8. The zero-order valence-corrected chi connectivity index (χ0v) is 15.4. The van der Waals surface area contributed by atoms with Crippen LogP contribution in [0.4, 0.5) is 5.82 Å². The fraction of sp³-hybridized carbons (Fsp3) is 0.143. The van der Waals surface area contributed by atoms with Gasteiger partial charge in [0.05, 0.1) is 5.52 Å². The van der Waals surface area contributed by atoms with Gasteiger partial charge in [-0.3, -0.25) is 4.79 Å². The average Bonchev–Trinajstić information content (AvgIpc) is 3.21. The summed E-state index contributed by atoms with van der Waals surface area (Å²) in [7, 11) is 0. The Bertz CT molecular complexity index is 1350. The van der Waals surface area contributed by atoms with E-state index in [0.717, 1.165) is 0 Å². The number of carbonyl (C=O) groups is 1. The van der Waals surface area contributed by atoms with E-state index in [2.05, 4.69) is 15.3 Å². The van der Waals surface area contributed by atoms with Gasteiger partial charge >= 0.3 is 5.63 Å². The van der Waals surface area contributed by atoms with E-state index in [-0.39, 0.29) is 30.3 Å². The van der Waals surface area contributed by atoms with Crippen LogP contribution in [0.15, 0.2) is 51.7 Å². The standard InChI is InChI=1S/C21H15N3O5/c1-2-16(25)22-20-17-18(12-5-3-4-6-13(12)29-21(17)26)23-19(24-20)11-7-8-14-15(9-11)28-10-27-14/h3-9H,2,10H2,1H3,(H,22,23,24,25). The van der Waals surface area contributed by atoms with E-state index < -0.39 is 5.63 Å². The van der Waals surface area contributed by atoms with Crippen molar-refractivity contribution in [3.05, 3.63) is 52.9 Å². The third kappa shape index (κ3) is 2.85. The zero-order valence-electron chi connectivity index (χ0n) is 15.4. The number of aromatic nitrogens is 2. The molecule has 2 aromatic carbocycles. The van der Waals surface area contributed by atoms with Gasteiger partial charge in [-0.25, -0.2) is 14.8 Å². The second-order valence-corrected chi connectivity index (χ2v) is 6.47. The third-order valence-electron chi connectivity index (χ3n) is 4.67. The van der Waals surface area contributed by atoms with E-state index in [0.29, 0.717) is 39.4 Å². The molecule has 0 spiro atoms. The molecular formula is C21H15N3O5. The van der Waals surface area contributed by atoms with Crippen LogP contribution in [0, 0.1) is 0 Å². The highest BCUT2D eigenvalue weighted by Crippen LogP contribution is 2.36. The molecule has 144 valence electrons. The van der Waals surface area contributed by atoms with Gasteiger partial charge in [-0.15, -0.1) is 0 Å². The van der Waals surface area contributed by atoms with Crippen LogP contribution in [0.5, 0.6) is 11.5 Å². The maximum absolute atomic E-state index is 12.7. The molecule has 1 amide bonds. The monoisotopic (exact) mass is 389 g/mol. The SMILES string of the molecule is CCC(=O)Nc1nc(-c2ccc3c(c2)OCO3)nc2c1c(=O)oc1ccccc12. The summed E-state index contributed by atoms with van der Waals surface area (Å²) >= 11 is 0. The number of ether oxygens (including phenoxy) is 2. The summed E-state index contributed by atoms with van der Waals surface area (Å²) < 4.78 is 16.2. The summed E-state index contributed by atoms with van der Waals surface area (Å²) in [5.41, 5.74) is 0.877. The number of hydrogen-bond acceptors (Lipinski definition) is 7. The number of benzene rings is 2. The number of para-hydroxylation sites is 1. The second kappa shape index (κ2) is 6.59. The first-order valence-corrected chi connectivity index (χ1v) is 9.07. The number of amides is 1. The van der Waals surface area contributed by atoms with E-state index in [9.17, 15) is 9.59 Å². The number of rotatable bonds is 3. The van der Waals surface area contributed by atoms with Crippen molar-refractivity contribution in [3.8, 4) is 22.9 Å². The first-order valence-electron chi connectivity index (χ1n) is 9.07. The Morgan fingerprint density at radius 1 is 1.10 bits per heavy atom. The molecule has 0 radical (unpaired) electrons. The highest BCUT2D eigenvalue weighted by Gasteiger charge is 2.20. The van der Waals surface area contributed by atoms with Crippen molar-refractivity contribution < 1.29 is 18.7 Å². The molecule has 0 bridgehead atoms. The van der Waals surface area contributed by atoms with Crippen LogP contribution in [-0.4, -0.2) is 22.7 Å². The first kappa shape index (κ1) is 17.2. The molecule has 5 rings (SSSR count). The number of nitrogens with zero attached hydrogens (tertiary/aromatic N) is 2. The Hall–Kier alpha value is -3.94. The van der Waals surface area contributed by atoms with Gasteiger partial charge in [-0.1, -0.05) is 19.1 Å². The molecule has 4 aromatic rings. The number of hydrogen-bond donors (Lipinski definition) is 1. The second-order valence-electron chi connectivity index (χ2n) is 6.47. The molecule has 0 saturated carbocycles. The molecule has 1 N–H and O–H groups in total. The quantitative estimate of drug-likeness (QED) is 0.422. The van der Waals surface area contributed by atoms with Crippen molar-refractivity contribution >= 4 is 33.6 Å². The minimum absolute atomic E-state index is 0.119. The summed E-state index contributed by atoms with van der Waals surface area (Å²) in [6.07, 6.45) is 0.240. The fourth-order valence-electron chi connectivity index (χ4n) is 3.23. The van der Waals surface area contributed by atoms with Gasteiger partial charge in [0.15, 0.2) is 23.1 Å². The Kier molecular flexibility index (Phi) is 3.90. The predicted octanol–water partition coefficient (Wildman–Crippen LogP) is 3.48. The maximum atomic E-state index is 12.7. The lowest BCUT2D eigenvalue weighted by Gasteiger charge is -2.10. The van der Waals surface area contributed by atoms with Crippen LogP contribution in [0.25, 0.3) is 33.3 Å². The van der Waals surface area contributed by atoms with E-state index in [1.807, 2.05) is 12.1 Å². The van der Waals surface area contributed by atoms with Crippen molar-refractivity contribution in [2.45, 2.75) is 13.3 Å². The molecule has 3 heterocycles. The zero-order chi connectivity index (χ0) is 20.0. The van der Waals surface area contributed by atoms with Gasteiger partial charge < -0.3 is 19.2 Å². The van der Waals surface area contributed by atoms with Crippen molar-refractivity contribution in [3.63, 3.8) is 0 Å². The third-order valence-corrected chi connectivity index (χ3v) is 4.67. The van der Waals surface area contributed by atoms with Crippen LogP contribution in [0.2, 0.25) is 0 Å². The number of anilines is 1. The minimum atomic E-state index is -0.609. The molecule has 29 heavy (non-hydrogen) atoms.